The molecule has 2 nitrogen and oxygen atoms in total. The highest BCUT2D eigenvalue weighted by Crippen LogP contribution is 2.24. The van der Waals surface area contributed by atoms with E-state index in [2.05, 4.69) is 23.5 Å². The fraction of sp³-hybridized carbons (Fsp3) is 0.533. The van der Waals surface area contributed by atoms with Gasteiger partial charge in [0, 0.05) is 0 Å². The number of aryl methyl sites for hydroxylation is 2. The molecule has 1 aromatic rings. The molecule has 1 N–H and O–H groups in total. The number of amides is 1. The Balaban J connectivity index is 2.11. The Hall–Kier alpha value is -1.02. The van der Waals surface area contributed by atoms with E-state index in [1.165, 1.54) is 36.0 Å². The third-order valence-corrected chi connectivity index (χ3v) is 3.79. The molecule has 0 aromatic heterocycles. The lowest BCUT2D eigenvalue weighted by Gasteiger charge is -2.20. The third kappa shape index (κ3) is 3.05. The molecule has 18 heavy (non-hydrogen) atoms. The predicted molar refractivity (Wildman–Crippen MR) is 75.0 cm³/mol. The average Bonchev–Trinajstić information content (AvgIpc) is 2.37. The lowest BCUT2D eigenvalue weighted by atomic mass is 9.89. The van der Waals surface area contributed by atoms with Crippen molar-refractivity contribution in [1.82, 2.24) is 5.32 Å². The van der Waals surface area contributed by atoms with E-state index in [0.29, 0.717) is 0 Å². The minimum absolute atomic E-state index is 0.0194. The van der Waals surface area contributed by atoms with Crippen LogP contribution in [0.4, 0.5) is 0 Å². The molecule has 2 atom stereocenters. The molecule has 0 bridgehead atoms. The lowest BCUT2D eigenvalue weighted by Crippen LogP contribution is -2.32. The van der Waals surface area contributed by atoms with E-state index < -0.39 is 5.38 Å². The smallest absolute Gasteiger partial charge is 0.238 e. The van der Waals surface area contributed by atoms with Gasteiger partial charge < -0.3 is 5.32 Å². The maximum atomic E-state index is 11.6. The van der Waals surface area contributed by atoms with Crippen molar-refractivity contribution in [3.05, 3.63) is 34.9 Å². The Bertz CT molecular complexity index is 442. The lowest BCUT2D eigenvalue weighted by molar-refractivity contribution is -0.121. The van der Waals surface area contributed by atoms with Crippen LogP contribution in [-0.4, -0.2) is 11.3 Å². The van der Waals surface area contributed by atoms with Gasteiger partial charge in [-0.2, -0.15) is 0 Å². The van der Waals surface area contributed by atoms with Crippen LogP contribution >= 0.6 is 11.6 Å². The number of fused-ring (bicyclic) bond motifs is 1. The second kappa shape index (κ2) is 5.75. The highest BCUT2D eigenvalue weighted by molar-refractivity contribution is 6.30. The van der Waals surface area contributed by atoms with E-state index in [1.807, 2.05) is 6.92 Å². The van der Waals surface area contributed by atoms with E-state index in [1.54, 1.807) is 6.92 Å². The number of hydrogen-bond donors (Lipinski definition) is 1. The summed E-state index contributed by atoms with van der Waals surface area (Å²) in [7, 11) is 0. The first-order valence-electron chi connectivity index (χ1n) is 6.64. The molecule has 0 saturated heterocycles. The zero-order chi connectivity index (χ0) is 13.1. The highest BCUT2D eigenvalue weighted by Gasteiger charge is 2.16. The number of hydrogen-bond acceptors (Lipinski definition) is 1. The van der Waals surface area contributed by atoms with Crippen molar-refractivity contribution in [2.75, 3.05) is 0 Å². The van der Waals surface area contributed by atoms with Crippen molar-refractivity contribution in [3.63, 3.8) is 0 Å². The highest BCUT2D eigenvalue weighted by atomic mass is 35.5. The van der Waals surface area contributed by atoms with Crippen LogP contribution in [0.15, 0.2) is 18.2 Å². The normalized spacial score (nSPS) is 17.7. The number of nitrogens with one attached hydrogen (secondary N) is 1. The average molecular weight is 266 g/mol. The van der Waals surface area contributed by atoms with E-state index in [9.17, 15) is 4.79 Å². The number of carbonyl (C=O) groups excluding carboxylic acids is 1. The zero-order valence-corrected chi connectivity index (χ0v) is 11.8. The van der Waals surface area contributed by atoms with Gasteiger partial charge in [-0.15, -0.1) is 11.6 Å². The van der Waals surface area contributed by atoms with Gasteiger partial charge >= 0.3 is 0 Å². The van der Waals surface area contributed by atoms with Crippen molar-refractivity contribution in [3.8, 4) is 0 Å². The van der Waals surface area contributed by atoms with Crippen molar-refractivity contribution in [2.45, 2.75) is 50.9 Å². The summed E-state index contributed by atoms with van der Waals surface area (Å²) in [5.74, 6) is -0.109. The van der Waals surface area contributed by atoms with Gasteiger partial charge in [0.05, 0.1) is 6.04 Å². The van der Waals surface area contributed by atoms with Gasteiger partial charge in [0.1, 0.15) is 5.38 Å². The maximum Gasteiger partial charge on any atom is 0.238 e. The minimum atomic E-state index is -0.481. The monoisotopic (exact) mass is 265 g/mol. The van der Waals surface area contributed by atoms with E-state index in [4.69, 9.17) is 11.6 Å². The maximum absolute atomic E-state index is 11.6. The van der Waals surface area contributed by atoms with Crippen molar-refractivity contribution in [2.24, 2.45) is 0 Å². The molecule has 98 valence electrons. The van der Waals surface area contributed by atoms with E-state index >= 15 is 0 Å². The van der Waals surface area contributed by atoms with Gasteiger partial charge in [-0.05, 0) is 56.2 Å². The molecular formula is C15H20ClNO. The standard InChI is InChI=1S/C15H20ClNO/c1-10(16)15(18)17-11(2)13-8-7-12-5-3-4-6-14(12)9-13/h7-11H,3-6H2,1-2H3,(H,17,18)/t10-,11+/m1/s1. The Labute approximate surface area is 114 Å². The first-order valence-corrected chi connectivity index (χ1v) is 7.07. The molecule has 0 heterocycles. The van der Waals surface area contributed by atoms with Crippen LogP contribution < -0.4 is 5.32 Å². The fourth-order valence-corrected chi connectivity index (χ4v) is 2.50. The van der Waals surface area contributed by atoms with Gasteiger partial charge in [0.25, 0.3) is 0 Å². The third-order valence-electron chi connectivity index (χ3n) is 3.59. The second-order valence-electron chi connectivity index (χ2n) is 5.08. The quantitative estimate of drug-likeness (QED) is 0.834. The van der Waals surface area contributed by atoms with Crippen LogP contribution in [0.5, 0.6) is 0 Å². The van der Waals surface area contributed by atoms with Gasteiger partial charge in [0.2, 0.25) is 5.91 Å². The summed E-state index contributed by atoms with van der Waals surface area (Å²) in [4.78, 5) is 11.6. The van der Waals surface area contributed by atoms with Gasteiger partial charge in [0.15, 0.2) is 0 Å². The molecule has 0 fully saturated rings. The Morgan fingerprint density at radius 3 is 2.56 bits per heavy atom. The van der Waals surface area contributed by atoms with Crippen LogP contribution in [-0.2, 0) is 17.6 Å². The summed E-state index contributed by atoms with van der Waals surface area (Å²) in [5.41, 5.74) is 4.08. The molecule has 3 heteroatoms. The molecule has 1 aliphatic carbocycles. The zero-order valence-electron chi connectivity index (χ0n) is 11.0. The fourth-order valence-electron chi connectivity index (χ4n) is 2.43. The summed E-state index contributed by atoms with van der Waals surface area (Å²) in [6, 6.07) is 6.58. The summed E-state index contributed by atoms with van der Waals surface area (Å²) >= 11 is 5.76. The van der Waals surface area contributed by atoms with Gasteiger partial charge in [-0.25, -0.2) is 0 Å². The molecule has 0 aliphatic heterocycles. The van der Waals surface area contributed by atoms with Crippen LogP contribution in [0.3, 0.4) is 0 Å². The molecule has 2 rings (SSSR count). The molecule has 0 unspecified atom stereocenters. The number of halogens is 1. The summed E-state index contributed by atoms with van der Waals surface area (Å²) < 4.78 is 0. The number of benzene rings is 1. The van der Waals surface area contributed by atoms with Crippen LogP contribution in [0, 0.1) is 0 Å². The largest absolute Gasteiger partial charge is 0.348 e. The molecule has 0 saturated carbocycles. The molecule has 0 radical (unpaired) electrons. The minimum Gasteiger partial charge on any atom is -0.348 e. The summed E-state index contributed by atoms with van der Waals surface area (Å²) in [6.07, 6.45) is 4.92. The van der Waals surface area contributed by atoms with Crippen molar-refractivity contribution >= 4 is 17.5 Å². The molecule has 1 aliphatic rings. The first kappa shape index (κ1) is 13.4. The van der Waals surface area contributed by atoms with E-state index in [-0.39, 0.29) is 11.9 Å². The van der Waals surface area contributed by atoms with Gasteiger partial charge in [-0.1, -0.05) is 18.2 Å². The number of carbonyl (C=O) groups is 1. The Kier molecular flexibility index (Phi) is 4.28. The molecule has 1 amide bonds. The second-order valence-corrected chi connectivity index (χ2v) is 5.74. The van der Waals surface area contributed by atoms with Crippen LogP contribution in [0.1, 0.15) is 49.4 Å². The topological polar surface area (TPSA) is 29.1 Å². The number of alkyl halides is 1. The first-order chi connectivity index (χ1) is 8.58. The SMILES string of the molecule is C[C@H](NC(=O)[C@@H](C)Cl)c1ccc2c(c1)CCCC2. The van der Waals surface area contributed by atoms with Crippen LogP contribution in [0.25, 0.3) is 0 Å². The van der Waals surface area contributed by atoms with E-state index in [0.717, 1.165) is 6.42 Å². The predicted octanol–water partition coefficient (Wildman–Crippen LogP) is 3.37. The molecule has 0 spiro atoms. The van der Waals surface area contributed by atoms with Crippen molar-refractivity contribution < 1.29 is 4.79 Å². The van der Waals surface area contributed by atoms with Gasteiger partial charge in [-0.3, -0.25) is 4.79 Å². The Morgan fingerprint density at radius 2 is 1.89 bits per heavy atom. The number of rotatable bonds is 3. The Morgan fingerprint density at radius 1 is 1.22 bits per heavy atom. The molecule has 1 aromatic carbocycles. The summed E-state index contributed by atoms with van der Waals surface area (Å²) in [6.45, 7) is 3.69. The summed E-state index contributed by atoms with van der Waals surface area (Å²) in [5, 5.41) is 2.45. The van der Waals surface area contributed by atoms with Crippen LogP contribution in [0.2, 0.25) is 0 Å². The molecular weight excluding hydrogens is 246 g/mol. The van der Waals surface area contributed by atoms with Crippen molar-refractivity contribution in [1.29, 1.82) is 0 Å².